The zero-order valence-corrected chi connectivity index (χ0v) is 11.4. The van der Waals surface area contributed by atoms with E-state index in [1.54, 1.807) is 24.3 Å². The molecule has 108 valence electrons. The predicted molar refractivity (Wildman–Crippen MR) is 78.6 cm³/mol. The summed E-state index contributed by atoms with van der Waals surface area (Å²) in [6.45, 7) is 2.24. The molecule has 0 spiro atoms. The standard InChI is InChI=1S/C15H14N2O4/c1-10-5-6-12(15(18)19)8-14(10)16-9-11-3-2-4-13(7-11)17(20)21/h2-8,16H,9H2,1H3,(H,18,19). The second-order valence-corrected chi connectivity index (χ2v) is 4.62. The molecule has 0 aliphatic rings. The summed E-state index contributed by atoms with van der Waals surface area (Å²) in [6.07, 6.45) is 0. The molecule has 2 aromatic rings. The Hall–Kier alpha value is -2.89. The Morgan fingerprint density at radius 2 is 2.05 bits per heavy atom. The Labute approximate surface area is 121 Å². The molecule has 0 aliphatic heterocycles. The van der Waals surface area contributed by atoms with Gasteiger partial charge in [0, 0.05) is 24.4 Å². The highest BCUT2D eigenvalue weighted by atomic mass is 16.6. The summed E-state index contributed by atoms with van der Waals surface area (Å²) in [4.78, 5) is 21.2. The Morgan fingerprint density at radius 3 is 2.71 bits per heavy atom. The van der Waals surface area contributed by atoms with Crippen molar-refractivity contribution in [3.63, 3.8) is 0 Å². The van der Waals surface area contributed by atoms with E-state index in [4.69, 9.17) is 5.11 Å². The fourth-order valence-corrected chi connectivity index (χ4v) is 1.92. The number of nitrogens with one attached hydrogen (secondary N) is 1. The molecule has 0 amide bonds. The average Bonchev–Trinajstić information content (AvgIpc) is 2.46. The smallest absolute Gasteiger partial charge is 0.335 e. The lowest BCUT2D eigenvalue weighted by Crippen LogP contribution is -2.04. The maximum Gasteiger partial charge on any atom is 0.335 e. The van der Waals surface area contributed by atoms with Gasteiger partial charge in [-0.3, -0.25) is 10.1 Å². The first-order chi connectivity index (χ1) is 9.97. The summed E-state index contributed by atoms with van der Waals surface area (Å²) in [5.74, 6) is -0.992. The van der Waals surface area contributed by atoms with E-state index in [2.05, 4.69) is 5.32 Å². The van der Waals surface area contributed by atoms with Gasteiger partial charge >= 0.3 is 5.97 Å². The van der Waals surface area contributed by atoms with Gasteiger partial charge in [-0.05, 0) is 30.2 Å². The van der Waals surface area contributed by atoms with E-state index in [0.717, 1.165) is 11.1 Å². The molecule has 0 atom stereocenters. The van der Waals surface area contributed by atoms with Crippen molar-refractivity contribution in [1.82, 2.24) is 0 Å². The van der Waals surface area contributed by atoms with Crippen LogP contribution in [0.1, 0.15) is 21.5 Å². The molecule has 2 rings (SSSR count). The van der Waals surface area contributed by atoms with Gasteiger partial charge < -0.3 is 10.4 Å². The number of anilines is 1. The minimum Gasteiger partial charge on any atom is -0.478 e. The van der Waals surface area contributed by atoms with Gasteiger partial charge in [0.1, 0.15) is 0 Å². The van der Waals surface area contributed by atoms with E-state index in [9.17, 15) is 14.9 Å². The SMILES string of the molecule is Cc1ccc(C(=O)O)cc1NCc1cccc([N+](=O)[O-])c1. The van der Waals surface area contributed by atoms with E-state index in [0.29, 0.717) is 12.2 Å². The molecular weight excluding hydrogens is 272 g/mol. The van der Waals surface area contributed by atoms with Crippen molar-refractivity contribution in [1.29, 1.82) is 0 Å². The van der Waals surface area contributed by atoms with Crippen LogP contribution >= 0.6 is 0 Å². The summed E-state index contributed by atoms with van der Waals surface area (Å²) in [5.41, 5.74) is 2.59. The lowest BCUT2D eigenvalue weighted by molar-refractivity contribution is -0.384. The second kappa shape index (κ2) is 6.04. The van der Waals surface area contributed by atoms with Gasteiger partial charge in [0.05, 0.1) is 10.5 Å². The predicted octanol–water partition coefficient (Wildman–Crippen LogP) is 3.21. The Morgan fingerprint density at radius 1 is 1.29 bits per heavy atom. The molecule has 21 heavy (non-hydrogen) atoms. The molecule has 0 aliphatic carbocycles. The number of nitrogens with zero attached hydrogens (tertiary/aromatic N) is 1. The van der Waals surface area contributed by atoms with Crippen LogP contribution in [0.5, 0.6) is 0 Å². The first-order valence-corrected chi connectivity index (χ1v) is 6.28. The molecule has 6 nitrogen and oxygen atoms in total. The first kappa shape index (κ1) is 14.5. The number of benzene rings is 2. The summed E-state index contributed by atoms with van der Waals surface area (Å²) in [7, 11) is 0. The van der Waals surface area contributed by atoms with Crippen molar-refractivity contribution in [3.05, 3.63) is 69.3 Å². The molecule has 0 heterocycles. The lowest BCUT2D eigenvalue weighted by Gasteiger charge is -2.10. The van der Waals surface area contributed by atoms with Crippen LogP contribution in [0, 0.1) is 17.0 Å². The number of carboxylic acids is 1. The zero-order valence-electron chi connectivity index (χ0n) is 11.4. The fraction of sp³-hybridized carbons (Fsp3) is 0.133. The van der Waals surface area contributed by atoms with Crippen molar-refractivity contribution in [2.75, 3.05) is 5.32 Å². The number of hydrogen-bond donors (Lipinski definition) is 2. The van der Waals surface area contributed by atoms with Crippen LogP contribution in [-0.2, 0) is 6.54 Å². The van der Waals surface area contributed by atoms with Gasteiger partial charge in [-0.25, -0.2) is 4.79 Å². The minimum atomic E-state index is -0.992. The van der Waals surface area contributed by atoms with E-state index in [1.807, 2.05) is 6.92 Å². The normalized spacial score (nSPS) is 10.1. The number of carboxylic acid groups (broad SMARTS) is 1. The number of aryl methyl sites for hydroxylation is 1. The maximum atomic E-state index is 11.0. The summed E-state index contributed by atoms with van der Waals surface area (Å²) >= 11 is 0. The highest BCUT2D eigenvalue weighted by Gasteiger charge is 2.08. The number of hydrogen-bond acceptors (Lipinski definition) is 4. The molecule has 6 heteroatoms. The molecule has 0 aromatic heterocycles. The van der Waals surface area contributed by atoms with Crippen LogP contribution in [0.4, 0.5) is 11.4 Å². The van der Waals surface area contributed by atoms with Gasteiger partial charge in [-0.15, -0.1) is 0 Å². The van der Waals surface area contributed by atoms with Gasteiger partial charge in [-0.1, -0.05) is 18.2 Å². The van der Waals surface area contributed by atoms with Gasteiger partial charge in [0.2, 0.25) is 0 Å². The Kier molecular flexibility index (Phi) is 4.18. The highest BCUT2D eigenvalue weighted by Crippen LogP contribution is 2.19. The van der Waals surface area contributed by atoms with E-state index in [1.165, 1.54) is 18.2 Å². The van der Waals surface area contributed by atoms with Gasteiger partial charge in [0.25, 0.3) is 5.69 Å². The van der Waals surface area contributed by atoms with Crippen LogP contribution in [0.3, 0.4) is 0 Å². The number of nitro groups is 1. The largest absolute Gasteiger partial charge is 0.478 e. The molecule has 0 saturated carbocycles. The lowest BCUT2D eigenvalue weighted by atomic mass is 10.1. The van der Waals surface area contributed by atoms with Crippen LogP contribution < -0.4 is 5.32 Å². The van der Waals surface area contributed by atoms with E-state index in [-0.39, 0.29) is 11.3 Å². The van der Waals surface area contributed by atoms with Crippen molar-refractivity contribution in [2.24, 2.45) is 0 Å². The molecule has 0 bridgehead atoms. The molecule has 2 N–H and O–H groups in total. The summed E-state index contributed by atoms with van der Waals surface area (Å²) in [5, 5.41) is 22.8. The van der Waals surface area contributed by atoms with Crippen molar-refractivity contribution < 1.29 is 14.8 Å². The third kappa shape index (κ3) is 3.56. The maximum absolute atomic E-state index is 11.0. The molecule has 0 fully saturated rings. The molecule has 0 radical (unpaired) electrons. The molecule has 0 saturated heterocycles. The fourth-order valence-electron chi connectivity index (χ4n) is 1.92. The number of rotatable bonds is 5. The van der Waals surface area contributed by atoms with Crippen molar-refractivity contribution >= 4 is 17.3 Å². The van der Waals surface area contributed by atoms with E-state index >= 15 is 0 Å². The third-order valence-corrected chi connectivity index (χ3v) is 3.09. The molecule has 0 unspecified atom stereocenters. The van der Waals surface area contributed by atoms with Crippen LogP contribution in [0.25, 0.3) is 0 Å². The molecular formula is C15H14N2O4. The minimum absolute atomic E-state index is 0.0327. The number of nitro benzene ring substituents is 1. The number of non-ortho nitro benzene ring substituents is 1. The monoisotopic (exact) mass is 286 g/mol. The number of carbonyl (C=O) groups is 1. The van der Waals surface area contributed by atoms with Gasteiger partial charge in [0.15, 0.2) is 0 Å². The quantitative estimate of drug-likeness (QED) is 0.650. The molecule has 2 aromatic carbocycles. The Balaban J connectivity index is 2.16. The number of aromatic carboxylic acids is 1. The van der Waals surface area contributed by atoms with Gasteiger partial charge in [-0.2, -0.15) is 0 Å². The van der Waals surface area contributed by atoms with Crippen molar-refractivity contribution in [2.45, 2.75) is 13.5 Å². The van der Waals surface area contributed by atoms with E-state index < -0.39 is 10.9 Å². The third-order valence-electron chi connectivity index (χ3n) is 3.09. The highest BCUT2D eigenvalue weighted by molar-refractivity contribution is 5.89. The topological polar surface area (TPSA) is 92.5 Å². The second-order valence-electron chi connectivity index (χ2n) is 4.62. The Bertz CT molecular complexity index is 698. The first-order valence-electron chi connectivity index (χ1n) is 6.28. The summed E-state index contributed by atoms with van der Waals surface area (Å²) < 4.78 is 0. The summed E-state index contributed by atoms with van der Waals surface area (Å²) in [6, 6.07) is 11.1. The average molecular weight is 286 g/mol. The van der Waals surface area contributed by atoms with Crippen LogP contribution in [0.15, 0.2) is 42.5 Å². The zero-order chi connectivity index (χ0) is 15.4. The van der Waals surface area contributed by atoms with Crippen molar-refractivity contribution in [3.8, 4) is 0 Å². The van der Waals surface area contributed by atoms with Crippen LogP contribution in [-0.4, -0.2) is 16.0 Å². The van der Waals surface area contributed by atoms with Crippen LogP contribution in [0.2, 0.25) is 0 Å².